The van der Waals surface area contributed by atoms with Gasteiger partial charge >= 0.3 is 0 Å². The number of hydrogen-bond acceptors (Lipinski definition) is 3. The monoisotopic (exact) mass is 469 g/mol. The molecule has 142 valence electrons. The molecule has 0 aliphatic heterocycles. The molecule has 3 N–H and O–H groups in total. The lowest BCUT2D eigenvalue weighted by atomic mass is 9.73. The van der Waals surface area contributed by atoms with Gasteiger partial charge in [-0.15, -0.1) is 24.0 Å². The van der Waals surface area contributed by atoms with Crippen LogP contribution in [0.1, 0.15) is 65.7 Å². The molecule has 2 aliphatic carbocycles. The van der Waals surface area contributed by atoms with Crippen LogP contribution in [-0.4, -0.2) is 47.3 Å². The summed E-state index contributed by atoms with van der Waals surface area (Å²) in [4.78, 5) is 4.82. The van der Waals surface area contributed by atoms with Gasteiger partial charge in [0.1, 0.15) is 0 Å². The number of guanidine groups is 1. The van der Waals surface area contributed by atoms with Crippen LogP contribution in [0.4, 0.5) is 0 Å². The summed E-state index contributed by atoms with van der Waals surface area (Å²) in [6.45, 7) is 8.13. The van der Waals surface area contributed by atoms with E-state index < -0.39 is 0 Å². The van der Waals surface area contributed by atoms with E-state index in [0.717, 1.165) is 37.0 Å². The molecule has 0 bridgehead atoms. The fraction of sp³-hybridized carbons (Fsp3) is 0.944. The van der Waals surface area contributed by atoms with Gasteiger partial charge in [-0.1, -0.05) is 26.7 Å². The highest BCUT2D eigenvalue weighted by Gasteiger charge is 2.35. The summed E-state index contributed by atoms with van der Waals surface area (Å²) < 4.78 is 0. The molecule has 0 heterocycles. The summed E-state index contributed by atoms with van der Waals surface area (Å²) in [5.74, 6) is 2.14. The van der Waals surface area contributed by atoms with Gasteiger partial charge in [0.15, 0.2) is 5.96 Å². The van der Waals surface area contributed by atoms with E-state index in [-0.39, 0.29) is 35.5 Å². The highest BCUT2D eigenvalue weighted by molar-refractivity contribution is 14.0. The molecule has 4 unspecified atom stereocenters. The number of aliphatic imine (C=N–C) groups is 1. The molecule has 0 spiro atoms. The molecule has 0 amide bonds. The topological polar surface area (TPSA) is 56.7 Å². The van der Waals surface area contributed by atoms with Gasteiger partial charge in [-0.2, -0.15) is 11.8 Å². The van der Waals surface area contributed by atoms with Crippen molar-refractivity contribution >= 4 is 41.7 Å². The molecule has 4 atom stereocenters. The standard InChI is InChI=1S/C18H35N3OS.HI/c1-4-19-17(21-14-9-10-15(12-14)23-5-2)20-13-18(3)11-7-6-8-16(18)22;/h14-16,22H,4-13H2,1-3H3,(H2,19,20,21);1H. The second-order valence-corrected chi connectivity index (χ2v) is 8.92. The number of nitrogens with zero attached hydrogens (tertiary/aromatic N) is 1. The minimum absolute atomic E-state index is 0. The van der Waals surface area contributed by atoms with Crippen molar-refractivity contribution in [3.8, 4) is 0 Å². The Hall–Kier alpha value is 0.310. The highest BCUT2D eigenvalue weighted by atomic mass is 127. The van der Waals surface area contributed by atoms with Crippen molar-refractivity contribution in [1.29, 1.82) is 0 Å². The Kier molecular flexibility index (Phi) is 10.4. The molecule has 0 saturated heterocycles. The van der Waals surface area contributed by atoms with Crippen LogP contribution >= 0.6 is 35.7 Å². The van der Waals surface area contributed by atoms with Gasteiger partial charge in [0.05, 0.1) is 12.6 Å². The summed E-state index contributed by atoms with van der Waals surface area (Å²) in [5, 5.41) is 18.1. The van der Waals surface area contributed by atoms with Crippen LogP contribution in [0, 0.1) is 5.41 Å². The van der Waals surface area contributed by atoms with Crippen LogP contribution in [0.3, 0.4) is 0 Å². The fourth-order valence-corrected chi connectivity index (χ4v) is 4.94. The average molecular weight is 469 g/mol. The number of thioether (sulfide) groups is 1. The average Bonchev–Trinajstić information content (AvgIpc) is 2.96. The summed E-state index contributed by atoms with van der Waals surface area (Å²) in [7, 11) is 0. The van der Waals surface area contributed by atoms with Crippen molar-refractivity contribution in [1.82, 2.24) is 10.6 Å². The van der Waals surface area contributed by atoms with Crippen LogP contribution in [0.2, 0.25) is 0 Å². The summed E-state index contributed by atoms with van der Waals surface area (Å²) in [5.41, 5.74) is -0.0587. The molecule has 2 fully saturated rings. The van der Waals surface area contributed by atoms with E-state index in [1.165, 1.54) is 31.4 Å². The second-order valence-electron chi connectivity index (χ2n) is 7.34. The van der Waals surface area contributed by atoms with Crippen molar-refractivity contribution in [2.75, 3.05) is 18.8 Å². The molecule has 4 nitrogen and oxygen atoms in total. The Balaban J connectivity index is 0.00000288. The van der Waals surface area contributed by atoms with Gasteiger partial charge in [0.25, 0.3) is 0 Å². The third-order valence-corrected chi connectivity index (χ3v) is 6.58. The Morgan fingerprint density at radius 3 is 2.71 bits per heavy atom. The van der Waals surface area contributed by atoms with E-state index >= 15 is 0 Å². The Morgan fingerprint density at radius 1 is 1.25 bits per heavy atom. The lowest BCUT2D eigenvalue weighted by molar-refractivity contribution is 0.00715. The summed E-state index contributed by atoms with van der Waals surface area (Å²) in [6.07, 6.45) is 7.95. The van der Waals surface area contributed by atoms with Gasteiger partial charge in [0, 0.05) is 23.3 Å². The lowest BCUT2D eigenvalue weighted by Crippen LogP contribution is -2.44. The van der Waals surface area contributed by atoms with E-state index in [1.54, 1.807) is 0 Å². The van der Waals surface area contributed by atoms with E-state index in [4.69, 9.17) is 4.99 Å². The largest absolute Gasteiger partial charge is 0.392 e. The van der Waals surface area contributed by atoms with E-state index in [9.17, 15) is 5.11 Å². The number of aliphatic hydroxyl groups is 1. The number of nitrogens with one attached hydrogen (secondary N) is 2. The van der Waals surface area contributed by atoms with Crippen molar-refractivity contribution in [2.24, 2.45) is 10.4 Å². The van der Waals surface area contributed by atoms with Gasteiger partial charge in [-0.05, 0) is 44.8 Å². The molecule has 6 heteroatoms. The first-order valence-corrected chi connectivity index (χ1v) is 10.5. The molecular weight excluding hydrogens is 433 g/mol. The smallest absolute Gasteiger partial charge is 0.191 e. The predicted octanol–water partition coefficient (Wildman–Crippen LogP) is 3.77. The van der Waals surface area contributed by atoms with Crippen molar-refractivity contribution in [2.45, 2.75) is 83.1 Å². The van der Waals surface area contributed by atoms with Crippen LogP contribution in [0.15, 0.2) is 4.99 Å². The third kappa shape index (κ3) is 6.56. The van der Waals surface area contributed by atoms with Crippen molar-refractivity contribution in [3.05, 3.63) is 0 Å². The molecule has 0 aromatic rings. The zero-order valence-electron chi connectivity index (χ0n) is 15.5. The first kappa shape index (κ1) is 22.4. The van der Waals surface area contributed by atoms with Crippen LogP contribution in [0.25, 0.3) is 0 Å². The maximum Gasteiger partial charge on any atom is 0.191 e. The fourth-order valence-electron chi connectivity index (χ4n) is 3.80. The summed E-state index contributed by atoms with van der Waals surface area (Å²) >= 11 is 2.09. The molecule has 2 rings (SSSR count). The maximum atomic E-state index is 10.3. The second kappa shape index (κ2) is 11.1. The number of rotatable bonds is 6. The normalized spacial score (nSPS) is 33.8. The third-order valence-electron chi connectivity index (χ3n) is 5.35. The van der Waals surface area contributed by atoms with Crippen LogP contribution in [-0.2, 0) is 0 Å². The maximum absolute atomic E-state index is 10.3. The highest BCUT2D eigenvalue weighted by Crippen LogP contribution is 2.36. The number of halogens is 1. The van der Waals surface area contributed by atoms with Gasteiger partial charge in [-0.25, -0.2) is 0 Å². The van der Waals surface area contributed by atoms with Crippen LogP contribution < -0.4 is 10.6 Å². The Labute approximate surface area is 169 Å². The van der Waals surface area contributed by atoms with Gasteiger partial charge in [-0.3, -0.25) is 4.99 Å². The van der Waals surface area contributed by atoms with Gasteiger partial charge < -0.3 is 15.7 Å². The lowest BCUT2D eigenvalue weighted by Gasteiger charge is -2.37. The summed E-state index contributed by atoms with van der Waals surface area (Å²) in [6, 6.07) is 0.543. The molecule has 24 heavy (non-hydrogen) atoms. The minimum atomic E-state index is -0.209. The number of aliphatic hydroxyl groups excluding tert-OH is 1. The molecule has 2 saturated carbocycles. The Bertz CT molecular complexity index is 396. The zero-order chi connectivity index (χ0) is 16.7. The van der Waals surface area contributed by atoms with Gasteiger partial charge in [0.2, 0.25) is 0 Å². The molecule has 0 aromatic heterocycles. The first-order valence-electron chi connectivity index (χ1n) is 9.42. The molecule has 2 aliphatic rings. The van der Waals surface area contributed by atoms with E-state index in [1.807, 2.05) is 0 Å². The Morgan fingerprint density at radius 2 is 2.04 bits per heavy atom. The van der Waals surface area contributed by atoms with Crippen LogP contribution in [0.5, 0.6) is 0 Å². The SMILES string of the molecule is CCNC(=NCC1(C)CCCCC1O)NC1CCC(SCC)C1.I. The quantitative estimate of drug-likeness (QED) is 0.315. The first-order chi connectivity index (χ1) is 11.1. The van der Waals surface area contributed by atoms with E-state index in [0.29, 0.717) is 12.6 Å². The minimum Gasteiger partial charge on any atom is -0.392 e. The molecular formula is C18H36IN3OS. The molecule has 0 aromatic carbocycles. The van der Waals surface area contributed by atoms with E-state index in [2.05, 4.69) is 43.2 Å². The van der Waals surface area contributed by atoms with Crippen molar-refractivity contribution in [3.63, 3.8) is 0 Å². The molecule has 0 radical (unpaired) electrons. The number of hydrogen-bond donors (Lipinski definition) is 3. The predicted molar refractivity (Wildman–Crippen MR) is 117 cm³/mol. The zero-order valence-corrected chi connectivity index (χ0v) is 18.7. The van der Waals surface area contributed by atoms with Crippen molar-refractivity contribution < 1.29 is 5.11 Å².